The van der Waals surface area contributed by atoms with Crippen LogP contribution in [0, 0.1) is 0 Å². The summed E-state index contributed by atoms with van der Waals surface area (Å²) in [6, 6.07) is 14.1. The summed E-state index contributed by atoms with van der Waals surface area (Å²) in [4.78, 5) is 11.9. The Labute approximate surface area is 123 Å². The first-order valence-electron chi connectivity index (χ1n) is 6.49. The molecule has 0 aliphatic carbocycles. The molecule has 0 saturated carbocycles. The van der Waals surface area contributed by atoms with Gasteiger partial charge in [-0.15, -0.1) is 0 Å². The maximum atomic E-state index is 11.9. The largest absolute Gasteiger partial charge is 0.496 e. The van der Waals surface area contributed by atoms with Crippen LogP contribution >= 0.6 is 0 Å². The molecule has 2 aromatic rings. The molecular formula is C16H17NO4. The number of anilines is 1. The van der Waals surface area contributed by atoms with Crippen molar-refractivity contribution in [1.82, 2.24) is 0 Å². The third kappa shape index (κ3) is 4.14. The van der Waals surface area contributed by atoms with Gasteiger partial charge in [0.25, 0.3) is 0 Å². The van der Waals surface area contributed by atoms with Crippen LogP contribution in [-0.2, 0) is 4.74 Å². The number of esters is 1. The molecule has 5 nitrogen and oxygen atoms in total. The predicted octanol–water partition coefficient (Wildman–Crippen LogP) is 2.51. The quantitative estimate of drug-likeness (QED) is 0.502. The highest BCUT2D eigenvalue weighted by Crippen LogP contribution is 2.22. The number of nitrogens with two attached hydrogens (primary N) is 1. The van der Waals surface area contributed by atoms with E-state index in [-0.39, 0.29) is 13.2 Å². The standard InChI is InChI=1S/C16H17NO4/c1-19-15-11-12(17)7-8-14(15)16(18)21-10-9-20-13-5-3-2-4-6-13/h2-8,11H,9-10,17H2,1H3. The summed E-state index contributed by atoms with van der Waals surface area (Å²) in [5, 5.41) is 0. The predicted molar refractivity (Wildman–Crippen MR) is 79.6 cm³/mol. The maximum absolute atomic E-state index is 11.9. The van der Waals surface area contributed by atoms with E-state index in [1.807, 2.05) is 30.3 Å². The van der Waals surface area contributed by atoms with Crippen LogP contribution in [-0.4, -0.2) is 26.3 Å². The first kappa shape index (κ1) is 14.7. The number of benzene rings is 2. The average molecular weight is 287 g/mol. The van der Waals surface area contributed by atoms with E-state index in [2.05, 4.69) is 0 Å². The Kier molecular flexibility index (Phi) is 5.04. The molecule has 0 unspecified atom stereocenters. The molecule has 0 saturated heterocycles. The van der Waals surface area contributed by atoms with E-state index < -0.39 is 5.97 Å². The zero-order chi connectivity index (χ0) is 15.1. The number of methoxy groups -OCH3 is 1. The first-order chi connectivity index (χ1) is 10.2. The lowest BCUT2D eigenvalue weighted by molar-refractivity contribution is 0.0447. The van der Waals surface area contributed by atoms with Crippen LogP contribution in [0.4, 0.5) is 5.69 Å². The van der Waals surface area contributed by atoms with Crippen molar-refractivity contribution in [2.24, 2.45) is 0 Å². The molecule has 0 spiro atoms. The van der Waals surface area contributed by atoms with E-state index in [9.17, 15) is 4.79 Å². The van der Waals surface area contributed by atoms with Gasteiger partial charge in [0.05, 0.1) is 7.11 Å². The fraction of sp³-hybridized carbons (Fsp3) is 0.188. The van der Waals surface area contributed by atoms with Gasteiger partial charge in [0.15, 0.2) is 0 Å². The molecule has 0 atom stereocenters. The van der Waals surface area contributed by atoms with Crippen LogP contribution in [0.3, 0.4) is 0 Å². The second-order valence-corrected chi connectivity index (χ2v) is 4.26. The highest BCUT2D eigenvalue weighted by atomic mass is 16.6. The van der Waals surface area contributed by atoms with Crippen LogP contribution < -0.4 is 15.2 Å². The van der Waals surface area contributed by atoms with Crippen molar-refractivity contribution < 1.29 is 19.0 Å². The lowest BCUT2D eigenvalue weighted by Crippen LogP contribution is -2.13. The van der Waals surface area contributed by atoms with Crippen molar-refractivity contribution in [1.29, 1.82) is 0 Å². The molecular weight excluding hydrogens is 270 g/mol. The zero-order valence-corrected chi connectivity index (χ0v) is 11.7. The Morgan fingerprint density at radius 2 is 1.86 bits per heavy atom. The molecule has 2 rings (SSSR count). The molecule has 21 heavy (non-hydrogen) atoms. The lowest BCUT2D eigenvalue weighted by atomic mass is 10.2. The number of carbonyl (C=O) groups is 1. The van der Waals surface area contributed by atoms with Gasteiger partial charge < -0.3 is 19.9 Å². The van der Waals surface area contributed by atoms with Crippen LogP contribution in [0.5, 0.6) is 11.5 Å². The molecule has 0 aromatic heterocycles. The van der Waals surface area contributed by atoms with Crippen molar-refractivity contribution in [2.75, 3.05) is 26.1 Å². The third-order valence-corrected chi connectivity index (χ3v) is 2.77. The number of para-hydroxylation sites is 1. The van der Waals surface area contributed by atoms with Gasteiger partial charge in [-0.2, -0.15) is 0 Å². The summed E-state index contributed by atoms with van der Waals surface area (Å²) in [5.41, 5.74) is 6.50. The number of hydrogen-bond acceptors (Lipinski definition) is 5. The molecule has 0 amide bonds. The first-order valence-corrected chi connectivity index (χ1v) is 6.49. The van der Waals surface area contributed by atoms with E-state index in [0.717, 1.165) is 5.75 Å². The second kappa shape index (κ2) is 7.19. The van der Waals surface area contributed by atoms with Gasteiger partial charge >= 0.3 is 5.97 Å². The van der Waals surface area contributed by atoms with Crippen LogP contribution in [0.15, 0.2) is 48.5 Å². The highest BCUT2D eigenvalue weighted by Gasteiger charge is 2.13. The number of rotatable bonds is 6. The lowest BCUT2D eigenvalue weighted by Gasteiger charge is -2.10. The molecule has 2 aromatic carbocycles. The fourth-order valence-electron chi connectivity index (χ4n) is 1.76. The Bertz CT molecular complexity index is 598. The summed E-state index contributed by atoms with van der Waals surface area (Å²) in [5.74, 6) is 0.658. The van der Waals surface area contributed by atoms with Gasteiger partial charge in [-0.05, 0) is 24.3 Å². The summed E-state index contributed by atoms with van der Waals surface area (Å²) in [6.07, 6.45) is 0. The third-order valence-electron chi connectivity index (χ3n) is 2.77. The normalized spacial score (nSPS) is 9.95. The molecule has 110 valence electrons. The average Bonchev–Trinajstić information content (AvgIpc) is 2.52. The van der Waals surface area contributed by atoms with Crippen molar-refractivity contribution in [3.8, 4) is 11.5 Å². The summed E-state index contributed by atoms with van der Waals surface area (Å²) in [6.45, 7) is 0.439. The Balaban J connectivity index is 1.85. The molecule has 0 radical (unpaired) electrons. The highest BCUT2D eigenvalue weighted by molar-refractivity contribution is 5.93. The zero-order valence-electron chi connectivity index (χ0n) is 11.7. The fourth-order valence-corrected chi connectivity index (χ4v) is 1.76. The Hall–Kier alpha value is -2.69. The Morgan fingerprint density at radius 3 is 2.57 bits per heavy atom. The molecule has 0 bridgehead atoms. The van der Waals surface area contributed by atoms with Gasteiger partial charge in [0.2, 0.25) is 0 Å². The van der Waals surface area contributed by atoms with E-state index in [4.69, 9.17) is 19.9 Å². The van der Waals surface area contributed by atoms with E-state index in [1.54, 1.807) is 18.2 Å². The van der Waals surface area contributed by atoms with Crippen LogP contribution in [0.25, 0.3) is 0 Å². The van der Waals surface area contributed by atoms with Gasteiger partial charge in [-0.3, -0.25) is 0 Å². The van der Waals surface area contributed by atoms with Crippen molar-refractivity contribution in [2.45, 2.75) is 0 Å². The van der Waals surface area contributed by atoms with Crippen LogP contribution in [0.1, 0.15) is 10.4 Å². The summed E-state index contributed by atoms with van der Waals surface area (Å²) in [7, 11) is 1.48. The van der Waals surface area contributed by atoms with Crippen LogP contribution in [0.2, 0.25) is 0 Å². The molecule has 2 N–H and O–H groups in total. The van der Waals surface area contributed by atoms with Gasteiger partial charge in [0, 0.05) is 11.8 Å². The molecule has 5 heteroatoms. The topological polar surface area (TPSA) is 70.8 Å². The second-order valence-electron chi connectivity index (χ2n) is 4.26. The van der Waals surface area contributed by atoms with E-state index >= 15 is 0 Å². The number of ether oxygens (including phenoxy) is 3. The minimum absolute atomic E-state index is 0.154. The maximum Gasteiger partial charge on any atom is 0.342 e. The van der Waals surface area contributed by atoms with Crippen molar-refractivity contribution in [3.05, 3.63) is 54.1 Å². The SMILES string of the molecule is COc1cc(N)ccc1C(=O)OCCOc1ccccc1. The summed E-state index contributed by atoms with van der Waals surface area (Å²) >= 11 is 0. The van der Waals surface area contributed by atoms with E-state index in [0.29, 0.717) is 17.0 Å². The van der Waals surface area contributed by atoms with Gasteiger partial charge in [0.1, 0.15) is 30.3 Å². The monoisotopic (exact) mass is 287 g/mol. The Morgan fingerprint density at radius 1 is 1.10 bits per heavy atom. The molecule has 0 aliphatic rings. The summed E-state index contributed by atoms with van der Waals surface area (Å²) < 4.78 is 15.7. The van der Waals surface area contributed by atoms with Crippen molar-refractivity contribution in [3.63, 3.8) is 0 Å². The number of hydrogen-bond donors (Lipinski definition) is 1. The smallest absolute Gasteiger partial charge is 0.342 e. The number of nitrogen functional groups attached to an aromatic ring is 1. The van der Waals surface area contributed by atoms with Gasteiger partial charge in [-0.1, -0.05) is 18.2 Å². The van der Waals surface area contributed by atoms with Gasteiger partial charge in [-0.25, -0.2) is 4.79 Å². The molecule has 0 aliphatic heterocycles. The molecule has 0 fully saturated rings. The van der Waals surface area contributed by atoms with E-state index in [1.165, 1.54) is 7.11 Å². The minimum atomic E-state index is -0.469. The van der Waals surface area contributed by atoms with Crippen molar-refractivity contribution >= 4 is 11.7 Å². The number of carbonyl (C=O) groups excluding carboxylic acids is 1. The molecule has 0 heterocycles. The minimum Gasteiger partial charge on any atom is -0.496 e.